The fourth-order valence-corrected chi connectivity index (χ4v) is 1.41. The third-order valence-corrected chi connectivity index (χ3v) is 4.75. The van der Waals surface area contributed by atoms with Crippen molar-refractivity contribution in [3.8, 4) is 0 Å². The summed E-state index contributed by atoms with van der Waals surface area (Å²) in [7, 11) is 2.58. The summed E-state index contributed by atoms with van der Waals surface area (Å²) in [6, 6.07) is 0. The van der Waals surface area contributed by atoms with Gasteiger partial charge in [-0.3, -0.25) is 0 Å². The molecular weight excluding hydrogens is 244 g/mol. The van der Waals surface area contributed by atoms with Gasteiger partial charge in [0.25, 0.3) is 0 Å². The Bertz CT molecular complexity index is 183. The largest absolute Gasteiger partial charge is 0.496 e. The molecule has 0 aliphatic carbocycles. The molecule has 0 aromatic rings. The fourth-order valence-electron chi connectivity index (χ4n) is 0.909. The van der Waals surface area contributed by atoms with Gasteiger partial charge in [-0.2, -0.15) is 0 Å². The fraction of sp³-hybridized carbons (Fsp3) is 1.00. The smallest absolute Gasteiger partial charge is 0.377 e. The van der Waals surface area contributed by atoms with Gasteiger partial charge in [0, 0.05) is 27.9 Å². The third kappa shape index (κ3) is 7.09. The molecule has 17 heavy (non-hydrogen) atoms. The Labute approximate surface area is 103 Å². The van der Waals surface area contributed by atoms with E-state index in [1.165, 1.54) is 0 Å². The second-order valence-electron chi connectivity index (χ2n) is 3.92. The topological polar surface area (TPSA) is 62.0 Å². The molecule has 2 fully saturated rings. The van der Waals surface area contributed by atoms with Crippen molar-refractivity contribution in [2.45, 2.75) is 18.8 Å². The molecule has 2 heterocycles. The molecule has 2 saturated heterocycles. The van der Waals surface area contributed by atoms with Crippen LogP contribution in [-0.2, 0) is 27.5 Å². The Hall–Kier alpha value is -0.0231. The van der Waals surface area contributed by atoms with E-state index in [1.54, 1.807) is 21.3 Å². The molecule has 0 radical (unpaired) electrons. The van der Waals surface area contributed by atoms with Crippen LogP contribution in [0.25, 0.3) is 0 Å². The lowest BCUT2D eigenvalue weighted by Crippen LogP contribution is -2.38. The summed E-state index contributed by atoms with van der Waals surface area (Å²) in [5.41, 5.74) is 0. The molecule has 6 nitrogen and oxygen atoms in total. The maximum absolute atomic E-state index is 5.23. The highest BCUT2D eigenvalue weighted by Crippen LogP contribution is 2.12. The molecule has 0 aromatic carbocycles. The molecule has 2 unspecified atom stereocenters. The maximum Gasteiger partial charge on any atom is 0.496 e. The average Bonchev–Trinajstić information content (AvgIpc) is 3.23. The van der Waals surface area contributed by atoms with Gasteiger partial charge in [-0.05, 0) is 0 Å². The summed E-state index contributed by atoms with van der Waals surface area (Å²) in [5.74, 6) is 0. The van der Waals surface area contributed by atoms with Crippen LogP contribution in [0.3, 0.4) is 0 Å². The summed E-state index contributed by atoms with van der Waals surface area (Å²) in [4.78, 5) is 0. The van der Waals surface area contributed by atoms with Crippen molar-refractivity contribution in [2.75, 3.05) is 47.8 Å². The van der Waals surface area contributed by atoms with Crippen molar-refractivity contribution in [1.29, 1.82) is 0 Å². The zero-order chi connectivity index (χ0) is 12.7. The minimum atomic E-state index is -2.17. The van der Waals surface area contributed by atoms with Crippen molar-refractivity contribution >= 4 is 8.80 Å². The van der Waals surface area contributed by atoms with E-state index in [4.69, 9.17) is 27.5 Å². The molecule has 7 heteroatoms. The predicted molar refractivity (Wildman–Crippen MR) is 62.9 cm³/mol. The van der Waals surface area contributed by atoms with Crippen molar-refractivity contribution in [3.05, 3.63) is 0 Å². The zero-order valence-electron chi connectivity index (χ0n) is 10.9. The minimum Gasteiger partial charge on any atom is -0.377 e. The van der Waals surface area contributed by atoms with E-state index in [9.17, 15) is 0 Å². The molecule has 0 aromatic heterocycles. The van der Waals surface area contributed by atoms with Crippen LogP contribution < -0.4 is 0 Å². The number of hydrogen-bond acceptors (Lipinski definition) is 6. The lowest BCUT2D eigenvalue weighted by Gasteiger charge is -2.18. The van der Waals surface area contributed by atoms with Gasteiger partial charge in [0.15, 0.2) is 0 Å². The summed E-state index contributed by atoms with van der Waals surface area (Å²) < 4.78 is 29.9. The molecule has 0 spiro atoms. The molecule has 0 saturated carbocycles. The highest BCUT2D eigenvalue weighted by Gasteiger charge is 2.29. The Kier molecular flexibility index (Phi) is 6.56. The van der Waals surface area contributed by atoms with Gasteiger partial charge in [0.2, 0.25) is 0 Å². The number of hydrogen-bond donors (Lipinski definition) is 0. The molecule has 2 aliphatic rings. The summed E-state index contributed by atoms with van der Waals surface area (Å²) >= 11 is 0. The van der Waals surface area contributed by atoms with E-state index in [0.717, 1.165) is 26.4 Å². The normalized spacial score (nSPS) is 26.1. The van der Waals surface area contributed by atoms with Crippen molar-refractivity contribution in [3.63, 3.8) is 0 Å². The molecule has 2 aliphatic heterocycles. The van der Waals surface area contributed by atoms with E-state index in [2.05, 4.69) is 0 Å². The Morgan fingerprint density at radius 3 is 1.47 bits per heavy atom. The first-order valence-electron chi connectivity index (χ1n) is 5.60. The highest BCUT2D eigenvalue weighted by atomic mass is 28.4. The van der Waals surface area contributed by atoms with Crippen LogP contribution in [0.5, 0.6) is 0 Å². The van der Waals surface area contributed by atoms with E-state index >= 15 is 0 Å². The minimum absolute atomic E-state index is 0.392. The second-order valence-corrected chi connectivity index (χ2v) is 6.87. The van der Waals surface area contributed by atoms with Crippen LogP contribution in [0.2, 0.25) is 6.55 Å². The lowest BCUT2D eigenvalue weighted by atomic mass is 10.5. The first kappa shape index (κ1) is 15.0. The molecule has 0 amide bonds. The quantitative estimate of drug-likeness (QED) is 0.488. The lowest BCUT2D eigenvalue weighted by molar-refractivity contribution is 0.102. The average molecular weight is 266 g/mol. The van der Waals surface area contributed by atoms with Gasteiger partial charge < -0.3 is 27.5 Å². The van der Waals surface area contributed by atoms with E-state index in [-0.39, 0.29) is 0 Å². The SMILES string of the molecule is C(OCC1CO1)C1CO1.CO[Si](C)(OC)OC. The van der Waals surface area contributed by atoms with Gasteiger partial charge in [-0.1, -0.05) is 0 Å². The van der Waals surface area contributed by atoms with Gasteiger partial charge in [0.05, 0.1) is 26.4 Å². The Morgan fingerprint density at radius 2 is 1.29 bits per heavy atom. The predicted octanol–water partition coefficient (Wildman–Crippen LogP) is 0.295. The van der Waals surface area contributed by atoms with Crippen LogP contribution in [0.1, 0.15) is 0 Å². The molecule has 2 atom stereocenters. The van der Waals surface area contributed by atoms with Crippen LogP contribution >= 0.6 is 0 Å². The summed E-state index contributed by atoms with van der Waals surface area (Å²) in [5, 5.41) is 0. The van der Waals surface area contributed by atoms with Crippen LogP contribution in [0.4, 0.5) is 0 Å². The maximum atomic E-state index is 5.23. The standard InChI is InChI=1S/C6H10O3.C4H12O3Si/c1(5-3-8-5)7-2-6-4-9-6;1-5-8(4,6-2)7-3/h5-6H,1-4H2;1-4H3. The first-order valence-corrected chi connectivity index (χ1v) is 7.82. The molecule has 0 bridgehead atoms. The molecular formula is C10H22O6Si. The zero-order valence-corrected chi connectivity index (χ0v) is 11.9. The Balaban J connectivity index is 0.000000172. The van der Waals surface area contributed by atoms with Gasteiger partial charge in [-0.15, -0.1) is 0 Å². The van der Waals surface area contributed by atoms with Crippen molar-refractivity contribution in [2.24, 2.45) is 0 Å². The van der Waals surface area contributed by atoms with E-state index in [1.807, 2.05) is 6.55 Å². The van der Waals surface area contributed by atoms with Gasteiger partial charge >= 0.3 is 8.80 Å². The monoisotopic (exact) mass is 266 g/mol. The van der Waals surface area contributed by atoms with E-state index in [0.29, 0.717) is 12.2 Å². The van der Waals surface area contributed by atoms with Gasteiger partial charge in [-0.25, -0.2) is 0 Å². The van der Waals surface area contributed by atoms with Crippen molar-refractivity contribution < 1.29 is 27.5 Å². The highest BCUT2D eigenvalue weighted by molar-refractivity contribution is 6.58. The number of epoxide rings is 2. The second kappa shape index (κ2) is 7.42. The summed E-state index contributed by atoms with van der Waals surface area (Å²) in [6.45, 7) is 5.09. The van der Waals surface area contributed by atoms with Gasteiger partial charge in [0.1, 0.15) is 12.2 Å². The molecule has 0 N–H and O–H groups in total. The first-order chi connectivity index (χ1) is 8.13. The molecule has 2 rings (SSSR count). The van der Waals surface area contributed by atoms with Crippen LogP contribution in [-0.4, -0.2) is 68.8 Å². The van der Waals surface area contributed by atoms with Crippen LogP contribution in [0.15, 0.2) is 0 Å². The Morgan fingerprint density at radius 1 is 0.941 bits per heavy atom. The summed E-state index contributed by atoms with van der Waals surface area (Å²) in [6.07, 6.45) is 0.785. The third-order valence-electron chi connectivity index (χ3n) is 2.52. The molecule has 102 valence electrons. The van der Waals surface area contributed by atoms with Crippen molar-refractivity contribution in [1.82, 2.24) is 0 Å². The number of ether oxygens (including phenoxy) is 3. The van der Waals surface area contributed by atoms with E-state index < -0.39 is 8.80 Å². The van der Waals surface area contributed by atoms with Crippen LogP contribution in [0, 0.1) is 0 Å². The number of rotatable bonds is 7.